The summed E-state index contributed by atoms with van der Waals surface area (Å²) in [6, 6.07) is 2.50. The monoisotopic (exact) mass is 244 g/mol. The first-order valence-corrected chi connectivity index (χ1v) is 4.03. The number of carboxylic acid groups (broad SMARTS) is 1. The topological polar surface area (TPSA) is 37.3 Å². The maximum absolute atomic E-state index is 10.5. The van der Waals surface area contributed by atoms with Crippen molar-refractivity contribution in [3.63, 3.8) is 0 Å². The van der Waals surface area contributed by atoms with Crippen molar-refractivity contribution in [2.45, 2.75) is 0 Å². The summed E-state index contributed by atoms with van der Waals surface area (Å²) in [6.07, 6.45) is 0. The van der Waals surface area contributed by atoms with E-state index in [1.807, 2.05) is 0 Å². The Kier molecular flexibility index (Phi) is 4.47. The summed E-state index contributed by atoms with van der Waals surface area (Å²) in [5, 5.41) is 9.01. The first kappa shape index (κ1) is 12.5. The minimum absolute atomic E-state index is 0. The smallest absolute Gasteiger partial charge is 0.335 e. The number of hydrogen-bond donors (Lipinski definition) is 1. The Bertz CT molecular complexity index is 318. The molecule has 1 rings (SSSR count). The van der Waals surface area contributed by atoms with Crippen molar-refractivity contribution < 1.29 is 14.6 Å². The Morgan fingerprint density at radius 3 is 1.85 bits per heavy atom. The molecule has 0 amide bonds. The van der Waals surface area contributed by atoms with E-state index in [2.05, 4.69) is 0 Å². The van der Waals surface area contributed by atoms with E-state index < -0.39 is 5.97 Å². The number of halogens is 4. The van der Waals surface area contributed by atoms with Crippen LogP contribution in [0.4, 0.5) is 4.70 Å². The van der Waals surface area contributed by atoms with Crippen LogP contribution in [-0.2, 0) is 0 Å². The Balaban J connectivity index is 0.00000144. The predicted octanol–water partition coefficient (Wildman–Crippen LogP) is 3.50. The third-order valence-electron chi connectivity index (χ3n) is 1.23. The minimum atomic E-state index is -1.09. The second-order valence-electron chi connectivity index (χ2n) is 2.06. The molecule has 0 radical (unpaired) electrons. The van der Waals surface area contributed by atoms with E-state index in [0.29, 0.717) is 0 Å². The van der Waals surface area contributed by atoms with Gasteiger partial charge in [-0.2, -0.15) is 0 Å². The number of carbonyl (C=O) groups is 1. The lowest BCUT2D eigenvalue weighted by Gasteiger charge is -2.00. The molecule has 0 bridgehead atoms. The second kappa shape index (κ2) is 4.65. The first-order valence-electron chi connectivity index (χ1n) is 2.90. The largest absolute Gasteiger partial charge is 0.478 e. The van der Waals surface area contributed by atoms with Crippen LogP contribution in [0, 0.1) is 0 Å². The van der Waals surface area contributed by atoms with Crippen molar-refractivity contribution in [3.8, 4) is 0 Å². The van der Waals surface area contributed by atoms with Crippen molar-refractivity contribution in [2.75, 3.05) is 0 Å². The van der Waals surface area contributed by atoms with Gasteiger partial charge >= 0.3 is 5.97 Å². The molecule has 0 atom stereocenters. The lowest BCUT2D eigenvalue weighted by molar-refractivity contribution is 0.0697. The summed E-state index contributed by atoms with van der Waals surface area (Å²) in [6.45, 7) is 0. The average molecular weight is 245 g/mol. The van der Waals surface area contributed by atoms with Crippen LogP contribution in [0.2, 0.25) is 15.1 Å². The van der Waals surface area contributed by atoms with E-state index in [1.54, 1.807) is 0 Å². The molecule has 0 aliphatic rings. The van der Waals surface area contributed by atoms with Crippen molar-refractivity contribution in [1.82, 2.24) is 0 Å². The molecule has 72 valence electrons. The molecular formula is C7H4Cl3FO2. The van der Waals surface area contributed by atoms with Crippen molar-refractivity contribution in [2.24, 2.45) is 0 Å². The zero-order chi connectivity index (χ0) is 9.30. The fourth-order valence-corrected chi connectivity index (χ4v) is 1.28. The summed E-state index contributed by atoms with van der Waals surface area (Å²) in [7, 11) is 0. The van der Waals surface area contributed by atoms with Gasteiger partial charge in [-0.05, 0) is 12.1 Å². The van der Waals surface area contributed by atoms with Gasteiger partial charge in [-0.1, -0.05) is 34.8 Å². The molecule has 0 aromatic heterocycles. The molecule has 6 heteroatoms. The zero-order valence-corrected chi connectivity index (χ0v) is 8.32. The highest BCUT2D eigenvalue weighted by Crippen LogP contribution is 2.30. The molecular weight excluding hydrogens is 241 g/mol. The lowest BCUT2D eigenvalue weighted by atomic mass is 10.2. The molecule has 2 nitrogen and oxygen atoms in total. The highest BCUT2D eigenvalue weighted by molar-refractivity contribution is 6.48. The van der Waals surface area contributed by atoms with Crippen LogP contribution in [0.3, 0.4) is 0 Å². The van der Waals surface area contributed by atoms with Gasteiger partial charge in [-0.25, -0.2) is 4.79 Å². The third-order valence-corrected chi connectivity index (χ3v) is 2.43. The van der Waals surface area contributed by atoms with Gasteiger partial charge in [0.2, 0.25) is 0 Å². The molecule has 0 saturated carbocycles. The van der Waals surface area contributed by atoms with Gasteiger partial charge in [0.15, 0.2) is 0 Å². The van der Waals surface area contributed by atoms with Crippen LogP contribution in [0.5, 0.6) is 0 Å². The Hall–Kier alpha value is -0.510. The van der Waals surface area contributed by atoms with E-state index in [4.69, 9.17) is 39.9 Å². The second-order valence-corrected chi connectivity index (χ2v) is 3.25. The fourth-order valence-electron chi connectivity index (χ4n) is 0.679. The molecule has 0 heterocycles. The molecule has 0 aliphatic carbocycles. The third kappa shape index (κ3) is 2.72. The summed E-state index contributed by atoms with van der Waals surface area (Å²) in [4.78, 5) is 10.5. The van der Waals surface area contributed by atoms with Crippen molar-refractivity contribution >= 4 is 40.8 Å². The molecule has 1 aromatic rings. The molecule has 13 heavy (non-hydrogen) atoms. The molecule has 0 unspecified atom stereocenters. The summed E-state index contributed by atoms with van der Waals surface area (Å²) in [5.74, 6) is -1.09. The standard InChI is InChI=1S/C7H3Cl3O2.FH/c8-4-1-3(7(11)12)2-5(9)6(4)10;/h1-2H,(H,11,12);1H. The van der Waals surface area contributed by atoms with Gasteiger partial charge in [0.1, 0.15) is 0 Å². The normalized spacial score (nSPS) is 9.15. The zero-order valence-electron chi connectivity index (χ0n) is 6.05. The molecule has 1 N–H and O–H groups in total. The molecule has 0 saturated heterocycles. The van der Waals surface area contributed by atoms with Crippen LogP contribution in [0.15, 0.2) is 12.1 Å². The Morgan fingerprint density at radius 2 is 1.54 bits per heavy atom. The molecule has 0 spiro atoms. The van der Waals surface area contributed by atoms with Gasteiger partial charge in [-0.3, -0.25) is 4.70 Å². The summed E-state index contributed by atoms with van der Waals surface area (Å²) < 4.78 is 0. The highest BCUT2D eigenvalue weighted by Gasteiger charge is 2.09. The fraction of sp³-hybridized carbons (Fsp3) is 0. The van der Waals surface area contributed by atoms with E-state index >= 15 is 0 Å². The van der Waals surface area contributed by atoms with Crippen LogP contribution in [0.1, 0.15) is 10.4 Å². The summed E-state index contributed by atoms with van der Waals surface area (Å²) >= 11 is 16.8. The van der Waals surface area contributed by atoms with Crippen molar-refractivity contribution in [1.29, 1.82) is 0 Å². The van der Waals surface area contributed by atoms with Gasteiger partial charge in [-0.15, -0.1) is 0 Å². The molecule has 0 fully saturated rings. The lowest BCUT2D eigenvalue weighted by Crippen LogP contribution is -1.95. The van der Waals surface area contributed by atoms with Crippen molar-refractivity contribution in [3.05, 3.63) is 32.8 Å². The maximum atomic E-state index is 10.5. The van der Waals surface area contributed by atoms with Crippen LogP contribution in [0.25, 0.3) is 0 Å². The van der Waals surface area contributed by atoms with Crippen LogP contribution >= 0.6 is 34.8 Å². The Labute approximate surface area is 88.4 Å². The first-order chi connectivity index (χ1) is 5.52. The average Bonchev–Trinajstić information content (AvgIpc) is 1.99. The van der Waals surface area contributed by atoms with E-state index in [-0.39, 0.29) is 25.3 Å². The number of rotatable bonds is 1. The molecule has 1 aromatic carbocycles. The quantitative estimate of drug-likeness (QED) is 0.769. The van der Waals surface area contributed by atoms with E-state index in [0.717, 1.165) is 0 Å². The predicted molar refractivity (Wildman–Crippen MR) is 50.9 cm³/mol. The van der Waals surface area contributed by atoms with Crippen LogP contribution < -0.4 is 0 Å². The maximum Gasteiger partial charge on any atom is 0.335 e. The number of hydrogen-bond acceptors (Lipinski definition) is 1. The minimum Gasteiger partial charge on any atom is -0.478 e. The van der Waals surface area contributed by atoms with Gasteiger partial charge in [0.05, 0.1) is 20.6 Å². The van der Waals surface area contributed by atoms with Gasteiger partial charge in [0.25, 0.3) is 0 Å². The number of benzene rings is 1. The number of aromatic carboxylic acids is 1. The van der Waals surface area contributed by atoms with E-state index in [9.17, 15) is 4.79 Å². The SMILES string of the molecule is F.O=C(O)c1cc(Cl)c(Cl)c(Cl)c1. The van der Waals surface area contributed by atoms with E-state index in [1.165, 1.54) is 12.1 Å². The van der Waals surface area contributed by atoms with Gasteiger partial charge in [0, 0.05) is 0 Å². The highest BCUT2D eigenvalue weighted by atomic mass is 35.5. The summed E-state index contributed by atoms with van der Waals surface area (Å²) in [5.41, 5.74) is 0.0226. The Morgan fingerprint density at radius 1 is 1.15 bits per heavy atom. The number of carboxylic acids is 1. The molecule has 0 aliphatic heterocycles. The van der Waals surface area contributed by atoms with Crippen LogP contribution in [-0.4, -0.2) is 11.1 Å². The van der Waals surface area contributed by atoms with Gasteiger partial charge < -0.3 is 5.11 Å².